The Morgan fingerprint density at radius 3 is 3.00 bits per heavy atom. The van der Waals surface area contributed by atoms with Crippen molar-refractivity contribution in [1.82, 2.24) is 4.90 Å². The molecule has 0 amide bonds. The lowest BCUT2D eigenvalue weighted by Crippen LogP contribution is -2.28. The number of likely N-dealkylation sites (tertiary alicyclic amines) is 1. The van der Waals surface area contributed by atoms with Gasteiger partial charge in [-0.2, -0.15) is 0 Å². The van der Waals surface area contributed by atoms with Crippen molar-refractivity contribution >= 4 is 12.0 Å². The minimum absolute atomic E-state index is 0.259. The second-order valence-corrected chi connectivity index (χ2v) is 5.41. The Hall–Kier alpha value is -1.61. The Morgan fingerprint density at radius 2 is 2.42 bits per heavy atom. The summed E-state index contributed by atoms with van der Waals surface area (Å²) in [6.07, 6.45) is 3.38. The highest BCUT2D eigenvalue weighted by Gasteiger charge is 2.32. The van der Waals surface area contributed by atoms with Gasteiger partial charge in [-0.15, -0.1) is 0 Å². The molecule has 0 bridgehead atoms. The van der Waals surface area contributed by atoms with Crippen LogP contribution in [0.1, 0.15) is 17.5 Å². The molecule has 2 rings (SSSR count). The zero-order valence-electron chi connectivity index (χ0n) is 11.4. The maximum absolute atomic E-state index is 11.5. The Morgan fingerprint density at radius 1 is 1.63 bits per heavy atom. The number of hydrogen-bond acceptors (Lipinski definition) is 2. The normalized spacial score (nSPS) is 21.2. The van der Waals surface area contributed by atoms with E-state index in [4.69, 9.17) is 0 Å². The van der Waals surface area contributed by atoms with E-state index in [0.717, 1.165) is 30.6 Å². The second-order valence-electron chi connectivity index (χ2n) is 5.41. The zero-order valence-corrected chi connectivity index (χ0v) is 11.4. The average molecular weight is 259 g/mol. The molecule has 1 saturated heterocycles. The molecular weight excluding hydrogens is 238 g/mol. The van der Waals surface area contributed by atoms with Gasteiger partial charge in [0.1, 0.15) is 0 Å². The van der Waals surface area contributed by atoms with Crippen LogP contribution in [0.5, 0.6) is 0 Å². The molecule has 19 heavy (non-hydrogen) atoms. The molecule has 1 fully saturated rings. The van der Waals surface area contributed by atoms with Gasteiger partial charge in [0, 0.05) is 6.54 Å². The summed E-state index contributed by atoms with van der Waals surface area (Å²) >= 11 is 0. The Bertz CT molecular complexity index is 470. The summed E-state index contributed by atoms with van der Waals surface area (Å²) < 4.78 is 0. The molecule has 3 heteroatoms. The molecule has 0 aromatic heterocycles. The topological polar surface area (TPSA) is 40.5 Å². The molecule has 1 aliphatic rings. The quantitative estimate of drug-likeness (QED) is 0.883. The third-order valence-corrected chi connectivity index (χ3v) is 3.96. The Kier molecular flexibility index (Phi) is 4.38. The first-order valence-corrected chi connectivity index (χ1v) is 6.73. The summed E-state index contributed by atoms with van der Waals surface area (Å²) in [7, 11) is 2.05. The lowest BCUT2D eigenvalue weighted by molar-refractivity contribution is -0.143. The minimum atomic E-state index is -0.677. The zero-order chi connectivity index (χ0) is 13.8. The standard InChI is InChI=1S/C16H21NO2/c1-3-12-5-4-6-13(9-12)10-15(16(18)19)14-7-8-17(2)11-14/h3-6,9,14-15H,1,7-8,10-11H2,2H3,(H,18,19). The maximum atomic E-state index is 11.5. The van der Waals surface area contributed by atoms with Gasteiger partial charge < -0.3 is 10.0 Å². The third kappa shape index (κ3) is 3.44. The van der Waals surface area contributed by atoms with Crippen LogP contribution >= 0.6 is 0 Å². The van der Waals surface area contributed by atoms with Crippen LogP contribution in [0.15, 0.2) is 30.8 Å². The first kappa shape index (κ1) is 13.8. The highest BCUT2D eigenvalue weighted by Crippen LogP contribution is 2.27. The monoisotopic (exact) mass is 259 g/mol. The number of rotatable bonds is 5. The van der Waals surface area contributed by atoms with Gasteiger partial charge in [0.15, 0.2) is 0 Å². The van der Waals surface area contributed by atoms with Gasteiger partial charge in [-0.1, -0.05) is 36.9 Å². The Labute approximate surface area is 114 Å². The van der Waals surface area contributed by atoms with E-state index < -0.39 is 5.97 Å². The summed E-state index contributed by atoms with van der Waals surface area (Å²) in [5.41, 5.74) is 2.13. The van der Waals surface area contributed by atoms with Gasteiger partial charge >= 0.3 is 5.97 Å². The van der Waals surface area contributed by atoms with Gasteiger partial charge in [0.2, 0.25) is 0 Å². The van der Waals surface area contributed by atoms with Gasteiger partial charge in [-0.05, 0) is 43.5 Å². The van der Waals surface area contributed by atoms with E-state index in [-0.39, 0.29) is 11.8 Å². The van der Waals surface area contributed by atoms with Crippen molar-refractivity contribution in [2.75, 3.05) is 20.1 Å². The molecule has 0 spiro atoms. The predicted molar refractivity (Wildman–Crippen MR) is 77.0 cm³/mol. The minimum Gasteiger partial charge on any atom is -0.481 e. The van der Waals surface area contributed by atoms with E-state index in [0.29, 0.717) is 6.42 Å². The molecule has 0 saturated carbocycles. The summed E-state index contributed by atoms with van der Waals surface area (Å²) in [5, 5.41) is 9.47. The first-order chi connectivity index (χ1) is 9.10. The van der Waals surface area contributed by atoms with E-state index in [9.17, 15) is 9.90 Å². The van der Waals surface area contributed by atoms with Crippen LogP contribution in [0.2, 0.25) is 0 Å². The van der Waals surface area contributed by atoms with Gasteiger partial charge in [0.25, 0.3) is 0 Å². The number of carboxylic acids is 1. The average Bonchev–Trinajstić information content (AvgIpc) is 2.82. The molecule has 1 aromatic rings. The molecule has 2 unspecified atom stereocenters. The molecule has 1 N–H and O–H groups in total. The van der Waals surface area contributed by atoms with E-state index in [2.05, 4.69) is 18.5 Å². The van der Waals surface area contributed by atoms with Crippen LogP contribution in [-0.2, 0) is 11.2 Å². The van der Waals surface area contributed by atoms with Crippen molar-refractivity contribution in [1.29, 1.82) is 0 Å². The van der Waals surface area contributed by atoms with Crippen molar-refractivity contribution in [3.05, 3.63) is 42.0 Å². The summed E-state index contributed by atoms with van der Waals surface area (Å²) in [6, 6.07) is 7.98. The second kappa shape index (κ2) is 6.02. The van der Waals surface area contributed by atoms with Crippen molar-refractivity contribution in [3.63, 3.8) is 0 Å². The fraction of sp³-hybridized carbons (Fsp3) is 0.438. The van der Waals surface area contributed by atoms with E-state index in [1.54, 1.807) is 6.08 Å². The van der Waals surface area contributed by atoms with Crippen molar-refractivity contribution in [2.45, 2.75) is 12.8 Å². The largest absolute Gasteiger partial charge is 0.481 e. The summed E-state index contributed by atoms with van der Waals surface area (Å²) in [4.78, 5) is 13.7. The molecule has 3 nitrogen and oxygen atoms in total. The highest BCUT2D eigenvalue weighted by molar-refractivity contribution is 5.71. The number of nitrogens with zero attached hydrogens (tertiary/aromatic N) is 1. The van der Waals surface area contributed by atoms with E-state index in [1.165, 1.54) is 0 Å². The first-order valence-electron chi connectivity index (χ1n) is 6.73. The molecule has 1 heterocycles. The lowest BCUT2D eigenvalue weighted by atomic mass is 9.86. The molecule has 0 radical (unpaired) electrons. The van der Waals surface area contributed by atoms with Crippen LogP contribution in [0.25, 0.3) is 6.08 Å². The number of hydrogen-bond donors (Lipinski definition) is 1. The molecule has 1 aromatic carbocycles. The van der Waals surface area contributed by atoms with Crippen LogP contribution in [-0.4, -0.2) is 36.1 Å². The molecule has 1 aliphatic heterocycles. The fourth-order valence-corrected chi connectivity index (χ4v) is 2.85. The highest BCUT2D eigenvalue weighted by atomic mass is 16.4. The Balaban J connectivity index is 2.12. The lowest BCUT2D eigenvalue weighted by Gasteiger charge is -2.19. The van der Waals surface area contributed by atoms with E-state index in [1.807, 2.05) is 24.3 Å². The van der Waals surface area contributed by atoms with Gasteiger partial charge in [-0.25, -0.2) is 0 Å². The summed E-state index contributed by atoms with van der Waals surface area (Å²) in [6.45, 7) is 5.64. The van der Waals surface area contributed by atoms with Crippen LogP contribution in [0, 0.1) is 11.8 Å². The molecule has 2 atom stereocenters. The fourth-order valence-electron chi connectivity index (χ4n) is 2.85. The maximum Gasteiger partial charge on any atom is 0.307 e. The van der Waals surface area contributed by atoms with Crippen molar-refractivity contribution < 1.29 is 9.90 Å². The number of aliphatic carboxylic acids is 1. The number of carboxylic acid groups (broad SMARTS) is 1. The smallest absolute Gasteiger partial charge is 0.307 e. The summed E-state index contributed by atoms with van der Waals surface area (Å²) in [5.74, 6) is -0.704. The van der Waals surface area contributed by atoms with Crippen molar-refractivity contribution in [3.8, 4) is 0 Å². The van der Waals surface area contributed by atoms with Crippen LogP contribution in [0.3, 0.4) is 0 Å². The van der Waals surface area contributed by atoms with Crippen LogP contribution < -0.4 is 0 Å². The van der Waals surface area contributed by atoms with Crippen molar-refractivity contribution in [2.24, 2.45) is 11.8 Å². The van der Waals surface area contributed by atoms with Gasteiger partial charge in [0.05, 0.1) is 5.92 Å². The number of carbonyl (C=O) groups is 1. The SMILES string of the molecule is C=Cc1cccc(CC(C(=O)O)C2CCN(C)C2)c1. The van der Waals surface area contributed by atoms with Gasteiger partial charge in [-0.3, -0.25) is 4.79 Å². The van der Waals surface area contributed by atoms with Crippen LogP contribution in [0.4, 0.5) is 0 Å². The number of benzene rings is 1. The third-order valence-electron chi connectivity index (χ3n) is 3.96. The molecule has 0 aliphatic carbocycles. The predicted octanol–water partition coefficient (Wildman–Crippen LogP) is 2.52. The van der Waals surface area contributed by atoms with E-state index >= 15 is 0 Å². The molecule has 102 valence electrons. The molecular formula is C16H21NO2.